The van der Waals surface area contributed by atoms with Crippen LogP contribution in [-0.4, -0.2) is 29.4 Å². The fourth-order valence-electron chi connectivity index (χ4n) is 2.83. The number of rotatable bonds is 4. The highest BCUT2D eigenvalue weighted by Gasteiger charge is 2.30. The topological polar surface area (TPSA) is 90.0 Å². The highest BCUT2D eigenvalue weighted by atomic mass is 35.5. The van der Waals surface area contributed by atoms with E-state index < -0.39 is 17.3 Å². The molecule has 0 saturated carbocycles. The zero-order valence-corrected chi connectivity index (χ0v) is 16.1. The van der Waals surface area contributed by atoms with Crippen LogP contribution in [0.2, 0.25) is 5.02 Å². The molecule has 30 heavy (non-hydrogen) atoms. The van der Waals surface area contributed by atoms with Crippen LogP contribution in [0.4, 0.5) is 18.9 Å². The second-order valence-electron chi connectivity index (χ2n) is 6.35. The lowest BCUT2D eigenvalue weighted by Gasteiger charge is -2.15. The summed E-state index contributed by atoms with van der Waals surface area (Å²) in [5.74, 6) is 0.508. The molecule has 0 radical (unpaired) electrons. The number of fused-ring (bicyclic) bond motifs is 1. The van der Waals surface area contributed by atoms with Crippen LogP contribution in [0.3, 0.4) is 0 Å². The normalized spacial score (nSPS) is 12.8. The van der Waals surface area contributed by atoms with Gasteiger partial charge in [-0.1, -0.05) is 17.7 Å². The monoisotopic (exact) mass is 435 g/mol. The van der Waals surface area contributed by atoms with Crippen LogP contribution in [0.5, 0.6) is 0 Å². The van der Waals surface area contributed by atoms with Crippen molar-refractivity contribution in [3.05, 3.63) is 75.7 Å². The molecule has 4 rings (SSSR count). The number of alkyl halides is 3. The number of hydrogen-bond acceptors (Lipinski definition) is 6. The molecule has 8 nitrogen and oxygen atoms in total. The first-order valence-corrected chi connectivity index (χ1v) is 9.01. The zero-order valence-electron chi connectivity index (χ0n) is 15.3. The number of pyridine rings is 2. The molecular weight excluding hydrogens is 423 g/mol. The molecule has 4 heterocycles. The van der Waals surface area contributed by atoms with Crippen LogP contribution in [0.1, 0.15) is 24.4 Å². The fourth-order valence-corrected chi connectivity index (χ4v) is 3.01. The Labute approximate surface area is 172 Å². The number of nitrogens with zero attached hydrogens (tertiary/aromatic N) is 6. The van der Waals surface area contributed by atoms with Crippen molar-refractivity contribution in [2.45, 2.75) is 19.1 Å². The molecule has 0 aliphatic heterocycles. The van der Waals surface area contributed by atoms with Crippen molar-refractivity contribution in [2.24, 2.45) is 0 Å². The van der Waals surface area contributed by atoms with Gasteiger partial charge in [0.2, 0.25) is 0 Å². The molecule has 154 valence electrons. The predicted octanol–water partition coefficient (Wildman–Crippen LogP) is 3.52. The second-order valence-corrected chi connectivity index (χ2v) is 6.72. The highest BCUT2D eigenvalue weighted by Crippen LogP contribution is 2.29. The van der Waals surface area contributed by atoms with E-state index in [0.29, 0.717) is 17.7 Å². The van der Waals surface area contributed by atoms with Crippen LogP contribution < -0.4 is 10.9 Å². The number of nitrogens with one attached hydrogen (secondary N) is 1. The third-order valence-corrected chi connectivity index (χ3v) is 4.68. The van der Waals surface area contributed by atoms with Gasteiger partial charge in [0.15, 0.2) is 17.3 Å². The highest BCUT2D eigenvalue weighted by molar-refractivity contribution is 6.32. The Morgan fingerprint density at radius 3 is 2.63 bits per heavy atom. The molecule has 0 unspecified atom stereocenters. The Kier molecular flexibility index (Phi) is 4.90. The molecule has 1 N–H and O–H groups in total. The minimum atomic E-state index is -4.53. The Balaban J connectivity index is 1.62. The first-order valence-electron chi connectivity index (χ1n) is 8.63. The van der Waals surface area contributed by atoms with E-state index in [0.717, 1.165) is 16.8 Å². The average Bonchev–Trinajstić information content (AvgIpc) is 3.15. The van der Waals surface area contributed by atoms with E-state index in [1.165, 1.54) is 6.20 Å². The van der Waals surface area contributed by atoms with Gasteiger partial charge in [0.1, 0.15) is 5.02 Å². The number of hydrogen-bond donors (Lipinski definition) is 1. The SMILES string of the molecule is C[C@H](Nc1cnn(-c2ccc(C(F)(F)F)cn2)c(=O)c1Cl)c1nnc2ccccn12. The average molecular weight is 436 g/mol. The standard InChI is InChI=1S/C18H13ClF3N7O/c1-10(16-27-26-14-4-2-3-7-28(14)16)25-12-9-24-29(17(30)15(12)19)13-6-5-11(8-23-13)18(20,21)22/h2-10,25H,1H3/t10-/m0/s1. The lowest BCUT2D eigenvalue weighted by molar-refractivity contribution is -0.137. The van der Waals surface area contributed by atoms with Gasteiger partial charge >= 0.3 is 6.18 Å². The summed E-state index contributed by atoms with van der Waals surface area (Å²) in [6, 6.07) is 6.96. The minimum Gasteiger partial charge on any atom is -0.373 e. The molecular formula is C18H13ClF3N7O. The Morgan fingerprint density at radius 1 is 1.13 bits per heavy atom. The van der Waals surface area contributed by atoms with E-state index in [9.17, 15) is 18.0 Å². The van der Waals surface area contributed by atoms with Crippen LogP contribution in [0.15, 0.2) is 53.7 Å². The second kappa shape index (κ2) is 7.41. The molecule has 4 aromatic heterocycles. The third kappa shape index (κ3) is 3.59. The number of aromatic nitrogens is 6. The van der Waals surface area contributed by atoms with Crippen molar-refractivity contribution in [2.75, 3.05) is 5.32 Å². The molecule has 0 amide bonds. The predicted molar refractivity (Wildman–Crippen MR) is 103 cm³/mol. The largest absolute Gasteiger partial charge is 0.417 e. The third-order valence-electron chi connectivity index (χ3n) is 4.31. The molecule has 0 aliphatic carbocycles. The van der Waals surface area contributed by atoms with Crippen molar-refractivity contribution in [1.29, 1.82) is 0 Å². The Bertz CT molecular complexity index is 1270. The van der Waals surface area contributed by atoms with E-state index in [4.69, 9.17) is 11.6 Å². The molecule has 0 spiro atoms. The summed E-state index contributed by atoms with van der Waals surface area (Å²) in [6.45, 7) is 1.81. The van der Waals surface area contributed by atoms with Gasteiger partial charge in [0.25, 0.3) is 5.56 Å². The summed E-state index contributed by atoms with van der Waals surface area (Å²) in [5.41, 5.74) is -0.760. The van der Waals surface area contributed by atoms with Gasteiger partial charge in [-0.2, -0.15) is 23.0 Å². The van der Waals surface area contributed by atoms with E-state index in [2.05, 4.69) is 25.6 Å². The van der Waals surface area contributed by atoms with Crippen LogP contribution in [-0.2, 0) is 6.18 Å². The molecule has 0 aromatic carbocycles. The van der Waals surface area contributed by atoms with Crippen LogP contribution >= 0.6 is 11.6 Å². The first-order chi connectivity index (χ1) is 14.3. The van der Waals surface area contributed by atoms with Crippen molar-refractivity contribution < 1.29 is 13.2 Å². The summed E-state index contributed by atoms with van der Waals surface area (Å²) < 4.78 is 40.7. The molecule has 4 aromatic rings. The fraction of sp³-hybridized carbons (Fsp3) is 0.167. The van der Waals surface area contributed by atoms with Gasteiger partial charge in [-0.15, -0.1) is 10.2 Å². The summed E-state index contributed by atoms with van der Waals surface area (Å²) in [5, 5.41) is 15.0. The van der Waals surface area contributed by atoms with Crippen molar-refractivity contribution >= 4 is 22.9 Å². The van der Waals surface area contributed by atoms with Gasteiger partial charge < -0.3 is 5.32 Å². The number of halogens is 4. The van der Waals surface area contributed by atoms with E-state index >= 15 is 0 Å². The molecule has 0 fully saturated rings. The van der Waals surface area contributed by atoms with Crippen molar-refractivity contribution in [3.8, 4) is 5.82 Å². The van der Waals surface area contributed by atoms with Gasteiger partial charge in [0, 0.05) is 12.4 Å². The van der Waals surface area contributed by atoms with Gasteiger partial charge in [-0.3, -0.25) is 9.20 Å². The zero-order chi connectivity index (χ0) is 21.5. The summed E-state index contributed by atoms with van der Waals surface area (Å²) in [7, 11) is 0. The minimum absolute atomic E-state index is 0.0852. The molecule has 12 heteroatoms. The van der Waals surface area contributed by atoms with E-state index in [1.807, 2.05) is 19.1 Å². The maximum atomic E-state index is 12.7. The van der Waals surface area contributed by atoms with Crippen LogP contribution in [0.25, 0.3) is 11.5 Å². The number of anilines is 1. The van der Waals surface area contributed by atoms with Crippen molar-refractivity contribution in [1.82, 2.24) is 29.4 Å². The lowest BCUT2D eigenvalue weighted by atomic mass is 10.3. The Hall–Kier alpha value is -3.47. The molecule has 0 bridgehead atoms. The molecule has 0 saturated heterocycles. The maximum Gasteiger partial charge on any atom is 0.417 e. The maximum absolute atomic E-state index is 12.7. The van der Waals surface area contributed by atoms with Gasteiger partial charge in [0.05, 0.1) is 23.5 Å². The van der Waals surface area contributed by atoms with Gasteiger partial charge in [-0.25, -0.2) is 4.98 Å². The summed E-state index contributed by atoms with van der Waals surface area (Å²) in [4.78, 5) is 16.2. The quantitative estimate of drug-likeness (QED) is 0.527. The van der Waals surface area contributed by atoms with E-state index in [1.54, 1.807) is 16.7 Å². The first kappa shape index (κ1) is 19.8. The smallest absolute Gasteiger partial charge is 0.373 e. The summed E-state index contributed by atoms with van der Waals surface area (Å²) in [6.07, 6.45) is -0.806. The summed E-state index contributed by atoms with van der Waals surface area (Å²) >= 11 is 6.19. The van der Waals surface area contributed by atoms with Crippen LogP contribution in [0, 0.1) is 0 Å². The molecule has 0 aliphatic rings. The van der Waals surface area contributed by atoms with E-state index in [-0.39, 0.29) is 22.6 Å². The lowest BCUT2D eigenvalue weighted by Crippen LogP contribution is -2.24. The molecule has 1 atom stereocenters. The van der Waals surface area contributed by atoms with Gasteiger partial charge in [-0.05, 0) is 31.2 Å². The van der Waals surface area contributed by atoms with Crippen molar-refractivity contribution in [3.63, 3.8) is 0 Å². The Morgan fingerprint density at radius 2 is 1.93 bits per heavy atom.